The van der Waals surface area contributed by atoms with Crippen molar-refractivity contribution in [2.75, 3.05) is 11.1 Å². The van der Waals surface area contributed by atoms with Crippen LogP contribution in [0.1, 0.15) is 11.4 Å². The highest BCUT2D eigenvalue weighted by molar-refractivity contribution is 7.99. The number of nitrogens with zero attached hydrogens (tertiary/aromatic N) is 4. The SMILES string of the molecule is C=CCn1c(COc2ccccc2Cl)nnc1SCC(=O)Nc1cc([N+](=O)[O-])ccc1C. The van der Waals surface area contributed by atoms with E-state index in [1.807, 2.05) is 12.1 Å². The number of benzene rings is 2. The minimum Gasteiger partial charge on any atom is -0.484 e. The van der Waals surface area contributed by atoms with E-state index in [0.717, 1.165) is 5.56 Å². The Balaban J connectivity index is 1.65. The topological polar surface area (TPSA) is 112 Å². The lowest BCUT2D eigenvalue weighted by Crippen LogP contribution is -2.16. The summed E-state index contributed by atoms with van der Waals surface area (Å²) in [6, 6.07) is 11.4. The first-order valence-corrected chi connectivity index (χ1v) is 10.8. The molecular formula is C21H20ClN5O4S. The molecule has 9 nitrogen and oxygen atoms in total. The number of hydrogen-bond acceptors (Lipinski definition) is 7. The van der Waals surface area contributed by atoms with Gasteiger partial charge in [0, 0.05) is 18.7 Å². The second-order valence-corrected chi connectivity index (χ2v) is 7.96. The zero-order valence-electron chi connectivity index (χ0n) is 17.2. The van der Waals surface area contributed by atoms with Crippen LogP contribution in [0.25, 0.3) is 0 Å². The van der Waals surface area contributed by atoms with Crippen LogP contribution in [0.5, 0.6) is 5.75 Å². The molecule has 0 aliphatic rings. The molecule has 0 saturated carbocycles. The average Bonchev–Trinajstić information content (AvgIpc) is 3.15. The molecule has 0 atom stereocenters. The molecule has 0 aliphatic carbocycles. The number of rotatable bonds is 10. The Hall–Kier alpha value is -3.37. The number of anilines is 1. The largest absolute Gasteiger partial charge is 0.484 e. The molecule has 1 amide bonds. The number of nitro groups is 1. The first kappa shape index (κ1) is 23.3. The van der Waals surface area contributed by atoms with Crippen molar-refractivity contribution < 1.29 is 14.5 Å². The van der Waals surface area contributed by atoms with Crippen LogP contribution >= 0.6 is 23.4 Å². The van der Waals surface area contributed by atoms with E-state index in [2.05, 4.69) is 22.1 Å². The molecule has 0 spiro atoms. The van der Waals surface area contributed by atoms with Crippen molar-refractivity contribution in [1.29, 1.82) is 0 Å². The van der Waals surface area contributed by atoms with Gasteiger partial charge in [0.15, 0.2) is 11.0 Å². The van der Waals surface area contributed by atoms with Crippen molar-refractivity contribution in [3.63, 3.8) is 0 Å². The number of nitro benzene ring substituents is 1. The molecule has 0 unspecified atom stereocenters. The molecule has 1 heterocycles. The maximum atomic E-state index is 12.4. The zero-order chi connectivity index (χ0) is 23.1. The van der Waals surface area contributed by atoms with Gasteiger partial charge in [-0.05, 0) is 24.6 Å². The number of ether oxygens (including phenoxy) is 1. The number of para-hydroxylation sites is 1. The average molecular weight is 474 g/mol. The molecule has 0 bridgehead atoms. The second-order valence-electron chi connectivity index (χ2n) is 6.61. The highest BCUT2D eigenvalue weighted by Gasteiger charge is 2.16. The van der Waals surface area contributed by atoms with Gasteiger partial charge in [-0.1, -0.05) is 47.6 Å². The first-order valence-electron chi connectivity index (χ1n) is 9.47. The number of carbonyl (C=O) groups excluding carboxylic acids is 1. The van der Waals surface area contributed by atoms with Crippen molar-refractivity contribution in [1.82, 2.24) is 14.8 Å². The number of halogens is 1. The van der Waals surface area contributed by atoms with Crippen LogP contribution in [0, 0.1) is 17.0 Å². The van der Waals surface area contributed by atoms with Crippen LogP contribution in [-0.4, -0.2) is 31.3 Å². The summed E-state index contributed by atoms with van der Waals surface area (Å²) in [7, 11) is 0. The highest BCUT2D eigenvalue weighted by Crippen LogP contribution is 2.25. The summed E-state index contributed by atoms with van der Waals surface area (Å²) in [5.74, 6) is 0.814. The fraction of sp³-hybridized carbons (Fsp3) is 0.190. The highest BCUT2D eigenvalue weighted by atomic mass is 35.5. The van der Waals surface area contributed by atoms with Crippen LogP contribution in [-0.2, 0) is 17.9 Å². The number of thioether (sulfide) groups is 1. The molecule has 0 radical (unpaired) electrons. The molecular weight excluding hydrogens is 454 g/mol. The van der Waals surface area contributed by atoms with E-state index in [9.17, 15) is 14.9 Å². The lowest BCUT2D eigenvalue weighted by molar-refractivity contribution is -0.384. The number of carbonyl (C=O) groups is 1. The van der Waals surface area contributed by atoms with Crippen molar-refractivity contribution >= 4 is 40.6 Å². The fourth-order valence-corrected chi connectivity index (χ4v) is 3.68. The minimum atomic E-state index is -0.506. The molecule has 0 fully saturated rings. The second kappa shape index (κ2) is 10.8. The lowest BCUT2D eigenvalue weighted by atomic mass is 10.2. The monoisotopic (exact) mass is 473 g/mol. The van der Waals surface area contributed by atoms with Crippen LogP contribution in [0.3, 0.4) is 0 Å². The van der Waals surface area contributed by atoms with Gasteiger partial charge in [-0.15, -0.1) is 16.8 Å². The van der Waals surface area contributed by atoms with Gasteiger partial charge in [-0.3, -0.25) is 19.5 Å². The van der Waals surface area contributed by atoms with Crippen LogP contribution in [0.4, 0.5) is 11.4 Å². The quantitative estimate of drug-likeness (QED) is 0.197. The molecule has 166 valence electrons. The van der Waals surface area contributed by atoms with E-state index in [1.165, 1.54) is 23.9 Å². The first-order chi connectivity index (χ1) is 15.4. The maximum Gasteiger partial charge on any atom is 0.271 e. The Morgan fingerprint density at radius 2 is 2.12 bits per heavy atom. The number of aromatic nitrogens is 3. The van der Waals surface area contributed by atoms with Crippen LogP contribution in [0.15, 0.2) is 60.3 Å². The Labute approximate surface area is 193 Å². The van der Waals surface area contributed by atoms with Crippen LogP contribution < -0.4 is 10.1 Å². The number of amides is 1. The molecule has 3 rings (SSSR count). The van der Waals surface area contributed by atoms with E-state index in [1.54, 1.807) is 35.8 Å². The third-order valence-corrected chi connectivity index (χ3v) is 5.62. The number of allylic oxidation sites excluding steroid dienone is 1. The van der Waals surface area contributed by atoms with Gasteiger partial charge in [0.05, 0.1) is 21.4 Å². The Bertz CT molecular complexity index is 1150. The van der Waals surface area contributed by atoms with Gasteiger partial charge >= 0.3 is 0 Å². The molecule has 0 aliphatic heterocycles. The van der Waals surface area contributed by atoms with Crippen molar-refractivity contribution in [3.8, 4) is 5.75 Å². The molecule has 0 saturated heterocycles. The van der Waals surface area contributed by atoms with Crippen molar-refractivity contribution in [2.45, 2.75) is 25.2 Å². The van der Waals surface area contributed by atoms with Crippen molar-refractivity contribution in [2.24, 2.45) is 0 Å². The van der Waals surface area contributed by atoms with Gasteiger partial charge < -0.3 is 10.1 Å². The maximum absolute atomic E-state index is 12.4. The zero-order valence-corrected chi connectivity index (χ0v) is 18.7. The fourth-order valence-electron chi connectivity index (χ4n) is 2.72. The minimum absolute atomic E-state index is 0.0444. The molecule has 11 heteroatoms. The molecule has 1 aromatic heterocycles. The Morgan fingerprint density at radius 1 is 1.34 bits per heavy atom. The smallest absolute Gasteiger partial charge is 0.271 e. The van der Waals surface area contributed by atoms with Crippen LogP contribution in [0.2, 0.25) is 5.02 Å². The van der Waals surface area contributed by atoms with Gasteiger partial charge in [-0.25, -0.2) is 0 Å². The summed E-state index contributed by atoms with van der Waals surface area (Å²) in [6.07, 6.45) is 1.69. The summed E-state index contributed by atoms with van der Waals surface area (Å²) < 4.78 is 7.53. The number of hydrogen-bond donors (Lipinski definition) is 1. The Kier molecular flexibility index (Phi) is 7.85. The van der Waals surface area contributed by atoms with Gasteiger partial charge in [-0.2, -0.15) is 0 Å². The number of nitrogens with one attached hydrogen (secondary N) is 1. The molecule has 1 N–H and O–H groups in total. The molecule has 3 aromatic rings. The van der Waals surface area contributed by atoms with Gasteiger partial charge in [0.2, 0.25) is 5.91 Å². The standard InChI is InChI=1S/C21H20ClN5O4S/c1-3-10-26-19(12-31-18-7-5-4-6-16(18)22)24-25-21(26)32-13-20(28)23-17-11-15(27(29)30)9-8-14(17)2/h3-9,11H,1,10,12-13H2,2H3,(H,23,28). The van der Waals surface area contributed by atoms with Crippen molar-refractivity contribution in [3.05, 3.63) is 81.6 Å². The van der Waals surface area contributed by atoms with E-state index < -0.39 is 4.92 Å². The number of non-ortho nitro benzene ring substituents is 1. The Morgan fingerprint density at radius 3 is 2.84 bits per heavy atom. The summed E-state index contributed by atoms with van der Waals surface area (Å²) in [4.78, 5) is 22.9. The summed E-state index contributed by atoms with van der Waals surface area (Å²) in [5.41, 5.74) is 1.03. The van der Waals surface area contributed by atoms with E-state index in [0.29, 0.717) is 34.0 Å². The molecule has 32 heavy (non-hydrogen) atoms. The van der Waals surface area contributed by atoms with Gasteiger partial charge in [0.1, 0.15) is 12.4 Å². The van der Waals surface area contributed by atoms with E-state index in [4.69, 9.17) is 16.3 Å². The summed E-state index contributed by atoms with van der Waals surface area (Å²) in [6.45, 7) is 6.09. The van der Waals surface area contributed by atoms with E-state index in [-0.39, 0.29) is 24.0 Å². The van der Waals surface area contributed by atoms with Gasteiger partial charge in [0.25, 0.3) is 5.69 Å². The molecule has 2 aromatic carbocycles. The lowest BCUT2D eigenvalue weighted by Gasteiger charge is -2.10. The third-order valence-electron chi connectivity index (χ3n) is 4.34. The third kappa shape index (κ3) is 5.86. The normalized spacial score (nSPS) is 10.6. The summed E-state index contributed by atoms with van der Waals surface area (Å²) in [5, 5.41) is 23.0. The van der Waals surface area contributed by atoms with E-state index >= 15 is 0 Å². The summed E-state index contributed by atoms with van der Waals surface area (Å²) >= 11 is 7.31. The predicted octanol–water partition coefficient (Wildman–Crippen LogP) is 4.64. The number of aryl methyl sites for hydroxylation is 1. The predicted molar refractivity (Wildman–Crippen MR) is 123 cm³/mol.